The maximum absolute atomic E-state index is 13.0. The monoisotopic (exact) mass is 330 g/mol. The van der Waals surface area contributed by atoms with Crippen LogP contribution in [-0.4, -0.2) is 35.6 Å². The molecule has 1 heterocycles. The van der Waals surface area contributed by atoms with E-state index in [-0.39, 0.29) is 18.6 Å². The van der Waals surface area contributed by atoms with Gasteiger partial charge in [0.15, 0.2) is 0 Å². The molecule has 0 aliphatic carbocycles. The molecule has 1 aliphatic heterocycles. The quantitative estimate of drug-likeness (QED) is 0.468. The number of nitrogens with zero attached hydrogens (tertiary/aromatic N) is 4. The highest BCUT2D eigenvalue weighted by molar-refractivity contribution is 5.97. The number of ether oxygens (including phenoxy) is 1. The Hall–Kier alpha value is -2.53. The van der Waals surface area contributed by atoms with Crippen LogP contribution in [0.25, 0.3) is 10.4 Å². The third kappa shape index (κ3) is 3.21. The molecule has 1 saturated heterocycles. The normalized spacial score (nSPS) is 19.0. The maximum atomic E-state index is 13.0. The zero-order valence-electron chi connectivity index (χ0n) is 14.3. The largest absolute Gasteiger partial charge is 0.447 e. The van der Waals surface area contributed by atoms with E-state index in [1.165, 1.54) is 0 Å². The molecule has 0 bridgehead atoms. The van der Waals surface area contributed by atoms with E-state index in [0.29, 0.717) is 0 Å². The van der Waals surface area contributed by atoms with E-state index < -0.39 is 23.5 Å². The maximum Gasteiger partial charge on any atom is 0.416 e. The molecule has 0 radical (unpaired) electrons. The summed E-state index contributed by atoms with van der Waals surface area (Å²) in [5.74, 6) is -0.477. The summed E-state index contributed by atoms with van der Waals surface area (Å²) in [5.41, 5.74) is 9.03. The van der Waals surface area contributed by atoms with Crippen LogP contribution in [0.1, 0.15) is 33.3 Å². The summed E-state index contributed by atoms with van der Waals surface area (Å²) in [7, 11) is 0. The Morgan fingerprint density at radius 3 is 2.54 bits per heavy atom. The van der Waals surface area contributed by atoms with Gasteiger partial charge in [0.2, 0.25) is 5.91 Å². The fourth-order valence-corrected chi connectivity index (χ4v) is 2.89. The number of amides is 2. The molecule has 7 heteroatoms. The van der Waals surface area contributed by atoms with Gasteiger partial charge < -0.3 is 4.74 Å². The van der Waals surface area contributed by atoms with Gasteiger partial charge in [-0.3, -0.25) is 4.79 Å². The topological polar surface area (TPSA) is 95.4 Å². The molecule has 1 aromatic rings. The second-order valence-electron chi connectivity index (χ2n) is 6.79. The van der Waals surface area contributed by atoms with E-state index in [4.69, 9.17) is 10.3 Å². The molecule has 0 N–H and O–H groups in total. The minimum absolute atomic E-state index is 0.0481. The Balaban J connectivity index is 2.42. The van der Waals surface area contributed by atoms with Crippen molar-refractivity contribution in [2.24, 2.45) is 11.0 Å². The van der Waals surface area contributed by atoms with Gasteiger partial charge in [0.05, 0.1) is 6.04 Å². The minimum Gasteiger partial charge on any atom is -0.447 e. The highest BCUT2D eigenvalue weighted by atomic mass is 16.6. The third-order valence-electron chi connectivity index (χ3n) is 4.52. The molecule has 2 amide bonds. The summed E-state index contributed by atoms with van der Waals surface area (Å²) in [5, 5.41) is 3.73. The molecular formula is C17H22N4O3. The SMILES string of the molecule is CC(C)C1COC(=O)N1C(=O)[C@@H](N=[N+]=[N-])C(C)(C)c1ccccc1. The lowest BCUT2D eigenvalue weighted by Crippen LogP contribution is -2.51. The summed E-state index contributed by atoms with van der Waals surface area (Å²) in [4.78, 5) is 29.0. The molecule has 1 unspecified atom stereocenters. The average molecular weight is 330 g/mol. The van der Waals surface area contributed by atoms with Crippen molar-refractivity contribution in [3.05, 3.63) is 46.3 Å². The second kappa shape index (κ2) is 6.93. The van der Waals surface area contributed by atoms with E-state index in [1.807, 2.05) is 58.0 Å². The average Bonchev–Trinajstić information content (AvgIpc) is 2.94. The molecule has 0 saturated carbocycles. The molecule has 128 valence electrons. The number of azide groups is 1. The van der Waals surface area contributed by atoms with Crippen LogP contribution in [0.15, 0.2) is 35.4 Å². The van der Waals surface area contributed by atoms with Crippen LogP contribution in [0.5, 0.6) is 0 Å². The summed E-state index contributed by atoms with van der Waals surface area (Å²) >= 11 is 0. The first-order valence-corrected chi connectivity index (χ1v) is 7.90. The van der Waals surface area contributed by atoms with Gasteiger partial charge in [0.1, 0.15) is 12.6 Å². The summed E-state index contributed by atoms with van der Waals surface area (Å²) in [6, 6.07) is 7.93. The summed E-state index contributed by atoms with van der Waals surface area (Å²) in [6.45, 7) is 7.64. The van der Waals surface area contributed by atoms with E-state index in [9.17, 15) is 9.59 Å². The Kier molecular flexibility index (Phi) is 5.14. The number of benzene rings is 1. The lowest BCUT2D eigenvalue weighted by Gasteiger charge is -2.34. The fourth-order valence-electron chi connectivity index (χ4n) is 2.89. The number of hydrogen-bond acceptors (Lipinski definition) is 4. The van der Waals surface area contributed by atoms with Gasteiger partial charge in [0.25, 0.3) is 0 Å². The second-order valence-corrected chi connectivity index (χ2v) is 6.79. The minimum atomic E-state index is -1.04. The number of imide groups is 1. The van der Waals surface area contributed by atoms with Crippen molar-refractivity contribution < 1.29 is 14.3 Å². The number of carbonyl (C=O) groups excluding carboxylic acids is 2. The van der Waals surface area contributed by atoms with Gasteiger partial charge in [-0.1, -0.05) is 63.1 Å². The predicted octanol–water partition coefficient (Wildman–Crippen LogP) is 3.65. The number of hydrogen-bond donors (Lipinski definition) is 0. The first kappa shape index (κ1) is 17.8. The highest BCUT2D eigenvalue weighted by Crippen LogP contribution is 2.32. The first-order chi connectivity index (χ1) is 11.3. The van der Waals surface area contributed by atoms with E-state index in [1.54, 1.807) is 0 Å². The lowest BCUT2D eigenvalue weighted by molar-refractivity contribution is -0.132. The number of carbonyl (C=O) groups is 2. The van der Waals surface area contributed by atoms with Gasteiger partial charge in [-0.05, 0) is 17.0 Å². The number of rotatable bonds is 5. The van der Waals surface area contributed by atoms with Crippen LogP contribution in [0.2, 0.25) is 0 Å². The van der Waals surface area contributed by atoms with Gasteiger partial charge in [-0.15, -0.1) is 0 Å². The Labute approximate surface area is 141 Å². The first-order valence-electron chi connectivity index (χ1n) is 7.90. The van der Waals surface area contributed by atoms with Crippen LogP contribution in [0, 0.1) is 5.92 Å². The molecule has 2 rings (SSSR count). The van der Waals surface area contributed by atoms with E-state index >= 15 is 0 Å². The molecule has 2 atom stereocenters. The molecule has 1 aromatic carbocycles. The van der Waals surface area contributed by atoms with Crippen LogP contribution in [0.4, 0.5) is 4.79 Å². The Morgan fingerprint density at radius 1 is 1.38 bits per heavy atom. The van der Waals surface area contributed by atoms with Crippen LogP contribution < -0.4 is 0 Å². The molecule has 0 aromatic heterocycles. The van der Waals surface area contributed by atoms with Gasteiger partial charge in [-0.2, -0.15) is 0 Å². The Morgan fingerprint density at radius 2 is 2.00 bits per heavy atom. The fraction of sp³-hybridized carbons (Fsp3) is 0.529. The van der Waals surface area contributed by atoms with Crippen molar-refractivity contribution in [3.63, 3.8) is 0 Å². The zero-order chi connectivity index (χ0) is 17.9. The molecule has 1 aliphatic rings. The van der Waals surface area contributed by atoms with E-state index in [2.05, 4.69) is 10.0 Å². The van der Waals surface area contributed by atoms with Gasteiger partial charge >= 0.3 is 6.09 Å². The van der Waals surface area contributed by atoms with Crippen molar-refractivity contribution in [1.82, 2.24) is 4.90 Å². The summed E-state index contributed by atoms with van der Waals surface area (Å²) < 4.78 is 5.04. The van der Waals surface area contributed by atoms with E-state index in [0.717, 1.165) is 10.5 Å². The molecule has 7 nitrogen and oxygen atoms in total. The van der Waals surface area contributed by atoms with Crippen LogP contribution in [0.3, 0.4) is 0 Å². The zero-order valence-corrected chi connectivity index (χ0v) is 14.3. The standard InChI is InChI=1S/C17H22N4O3/c1-11(2)13-10-24-16(23)21(13)15(22)14(19-20-18)17(3,4)12-8-6-5-7-9-12/h5-9,11,13-14H,10H2,1-4H3/t13?,14-/m1/s1. The van der Waals surface area contributed by atoms with Crippen molar-refractivity contribution >= 4 is 12.0 Å². The van der Waals surface area contributed by atoms with Gasteiger partial charge in [-0.25, -0.2) is 9.69 Å². The van der Waals surface area contributed by atoms with Gasteiger partial charge in [0, 0.05) is 10.3 Å². The number of cyclic esters (lactones) is 1. The Bertz CT molecular complexity index is 666. The third-order valence-corrected chi connectivity index (χ3v) is 4.52. The van der Waals surface area contributed by atoms with Crippen molar-refractivity contribution in [1.29, 1.82) is 0 Å². The molecule has 24 heavy (non-hydrogen) atoms. The molecular weight excluding hydrogens is 308 g/mol. The van der Waals surface area contributed by atoms with Crippen molar-refractivity contribution in [2.75, 3.05) is 6.61 Å². The summed E-state index contributed by atoms with van der Waals surface area (Å²) in [6.07, 6.45) is -0.680. The van der Waals surface area contributed by atoms with Crippen LogP contribution >= 0.6 is 0 Å². The predicted molar refractivity (Wildman–Crippen MR) is 89.2 cm³/mol. The smallest absolute Gasteiger partial charge is 0.416 e. The molecule has 0 spiro atoms. The molecule has 1 fully saturated rings. The van der Waals surface area contributed by atoms with Crippen LogP contribution in [-0.2, 0) is 14.9 Å². The highest BCUT2D eigenvalue weighted by Gasteiger charge is 2.46. The van der Waals surface area contributed by atoms with Crippen molar-refractivity contribution in [2.45, 2.75) is 45.2 Å². The lowest BCUT2D eigenvalue weighted by atomic mass is 9.77. The van der Waals surface area contributed by atoms with Crippen molar-refractivity contribution in [3.8, 4) is 0 Å².